The summed E-state index contributed by atoms with van der Waals surface area (Å²) in [6.07, 6.45) is 1.51. The zero-order chi connectivity index (χ0) is 12.8. The van der Waals surface area contributed by atoms with Crippen LogP contribution in [0.2, 0.25) is 0 Å². The van der Waals surface area contributed by atoms with Gasteiger partial charge in [-0.1, -0.05) is 11.6 Å². The number of hydrogen-bond donors (Lipinski definition) is 2. The number of hydrogen-bond acceptors (Lipinski definition) is 2. The first-order chi connectivity index (χ1) is 8.02. The summed E-state index contributed by atoms with van der Waals surface area (Å²) in [4.78, 5) is 22.9. The van der Waals surface area contributed by atoms with Gasteiger partial charge in [-0.25, -0.2) is 0 Å². The van der Waals surface area contributed by atoms with Gasteiger partial charge in [0.25, 0.3) is 5.91 Å². The molecule has 0 spiro atoms. The normalized spacial score (nSPS) is 9.35. The van der Waals surface area contributed by atoms with Crippen molar-refractivity contribution in [1.82, 2.24) is 5.32 Å². The first kappa shape index (κ1) is 13.0. The zero-order valence-corrected chi connectivity index (χ0v) is 10.2. The van der Waals surface area contributed by atoms with Gasteiger partial charge >= 0.3 is 0 Å². The van der Waals surface area contributed by atoms with Gasteiger partial charge in [-0.15, -0.1) is 0 Å². The number of carbonyl (C=O) groups is 2. The molecule has 2 amide bonds. The molecule has 17 heavy (non-hydrogen) atoms. The fourth-order valence-corrected chi connectivity index (χ4v) is 1.32. The molecule has 4 heteroatoms. The van der Waals surface area contributed by atoms with Gasteiger partial charge in [0.05, 0.1) is 0 Å². The van der Waals surface area contributed by atoms with Gasteiger partial charge in [-0.2, -0.15) is 0 Å². The Bertz CT molecular complexity index is 460. The van der Waals surface area contributed by atoms with E-state index < -0.39 is 0 Å². The summed E-state index contributed by atoms with van der Waals surface area (Å²) in [5, 5.41) is 5.23. The van der Waals surface area contributed by atoms with Crippen LogP contribution in [0, 0.1) is 0 Å². The summed E-state index contributed by atoms with van der Waals surface area (Å²) in [6, 6.07) is 6.79. The molecule has 0 radical (unpaired) electrons. The molecule has 1 aromatic rings. The minimum atomic E-state index is -0.195. The van der Waals surface area contributed by atoms with E-state index in [2.05, 4.69) is 10.6 Å². The lowest BCUT2D eigenvalue weighted by atomic mass is 10.2. The number of anilines is 1. The molecule has 0 heterocycles. The van der Waals surface area contributed by atoms with E-state index in [0.29, 0.717) is 11.3 Å². The molecule has 1 rings (SSSR count). The molecular weight excluding hydrogens is 216 g/mol. The summed E-state index contributed by atoms with van der Waals surface area (Å²) in [5.41, 5.74) is 2.04. The van der Waals surface area contributed by atoms with Crippen molar-refractivity contribution in [2.45, 2.75) is 13.8 Å². The number of carbonyl (C=O) groups excluding carboxylic acids is 2. The van der Waals surface area contributed by atoms with E-state index in [0.717, 1.165) is 5.57 Å². The Kier molecular flexibility index (Phi) is 4.46. The van der Waals surface area contributed by atoms with Gasteiger partial charge in [0.2, 0.25) is 5.91 Å². The highest BCUT2D eigenvalue weighted by atomic mass is 16.2. The predicted molar refractivity (Wildman–Crippen MR) is 67.9 cm³/mol. The van der Waals surface area contributed by atoms with Crippen LogP contribution < -0.4 is 10.6 Å². The van der Waals surface area contributed by atoms with E-state index in [4.69, 9.17) is 0 Å². The Balaban J connectivity index is 2.83. The number of amides is 2. The average molecular weight is 232 g/mol. The molecule has 0 unspecified atom stereocenters. The quantitative estimate of drug-likeness (QED) is 0.782. The van der Waals surface area contributed by atoms with E-state index in [1.807, 2.05) is 13.8 Å². The van der Waals surface area contributed by atoms with Gasteiger partial charge in [-0.05, 0) is 32.0 Å². The number of nitrogens with one attached hydrogen (secondary N) is 2. The maximum Gasteiger partial charge on any atom is 0.251 e. The van der Waals surface area contributed by atoms with Gasteiger partial charge in [0.15, 0.2) is 0 Å². The van der Waals surface area contributed by atoms with Crippen molar-refractivity contribution < 1.29 is 9.59 Å². The third-order valence-electron chi connectivity index (χ3n) is 2.04. The lowest BCUT2D eigenvalue weighted by molar-refractivity contribution is -0.111. The van der Waals surface area contributed by atoms with Crippen LogP contribution in [0.15, 0.2) is 35.9 Å². The fourth-order valence-electron chi connectivity index (χ4n) is 1.32. The highest BCUT2D eigenvalue weighted by molar-refractivity contribution is 6.01. The molecule has 0 fully saturated rings. The minimum Gasteiger partial charge on any atom is -0.355 e. The van der Waals surface area contributed by atoms with Crippen molar-refractivity contribution in [2.24, 2.45) is 0 Å². The first-order valence-corrected chi connectivity index (χ1v) is 5.31. The van der Waals surface area contributed by atoms with Crippen LogP contribution >= 0.6 is 0 Å². The maximum atomic E-state index is 11.5. The van der Waals surface area contributed by atoms with Crippen LogP contribution in [-0.2, 0) is 4.79 Å². The SMILES string of the molecule is CNC(=O)c1cccc(NC(=O)C=C(C)C)c1. The third-order valence-corrected chi connectivity index (χ3v) is 2.04. The summed E-state index contributed by atoms with van der Waals surface area (Å²) in [7, 11) is 1.57. The summed E-state index contributed by atoms with van der Waals surface area (Å²) in [5.74, 6) is -0.373. The standard InChI is InChI=1S/C13H16N2O2/c1-9(2)7-12(16)15-11-6-4-5-10(8-11)13(17)14-3/h4-8H,1-3H3,(H,14,17)(H,15,16). The smallest absolute Gasteiger partial charge is 0.251 e. The summed E-state index contributed by atoms with van der Waals surface area (Å²) >= 11 is 0. The zero-order valence-electron chi connectivity index (χ0n) is 10.2. The third kappa shape index (κ3) is 4.10. The topological polar surface area (TPSA) is 58.2 Å². The van der Waals surface area contributed by atoms with E-state index in [1.54, 1.807) is 31.3 Å². The lowest BCUT2D eigenvalue weighted by Crippen LogP contribution is -2.18. The minimum absolute atomic E-state index is 0.177. The highest BCUT2D eigenvalue weighted by Gasteiger charge is 2.04. The van der Waals surface area contributed by atoms with Crippen molar-refractivity contribution >= 4 is 17.5 Å². The Morgan fingerprint density at radius 1 is 1.24 bits per heavy atom. The van der Waals surface area contributed by atoms with Crippen molar-refractivity contribution in [3.63, 3.8) is 0 Å². The molecule has 0 aliphatic carbocycles. The van der Waals surface area contributed by atoms with E-state index in [9.17, 15) is 9.59 Å². The van der Waals surface area contributed by atoms with Crippen LogP contribution in [0.5, 0.6) is 0 Å². The lowest BCUT2D eigenvalue weighted by Gasteiger charge is -2.05. The summed E-state index contributed by atoms with van der Waals surface area (Å²) < 4.78 is 0. The molecule has 0 atom stereocenters. The second-order valence-electron chi connectivity index (χ2n) is 3.87. The van der Waals surface area contributed by atoms with Crippen molar-refractivity contribution in [2.75, 3.05) is 12.4 Å². The second-order valence-corrected chi connectivity index (χ2v) is 3.87. The van der Waals surface area contributed by atoms with Crippen LogP contribution in [0.3, 0.4) is 0 Å². The van der Waals surface area contributed by atoms with E-state index >= 15 is 0 Å². The van der Waals surface area contributed by atoms with Gasteiger partial charge in [0, 0.05) is 24.4 Å². The highest BCUT2D eigenvalue weighted by Crippen LogP contribution is 2.10. The van der Waals surface area contributed by atoms with Gasteiger partial charge in [0.1, 0.15) is 0 Å². The largest absolute Gasteiger partial charge is 0.355 e. The van der Waals surface area contributed by atoms with Crippen LogP contribution in [0.1, 0.15) is 24.2 Å². The Hall–Kier alpha value is -2.10. The van der Waals surface area contributed by atoms with Crippen molar-refractivity contribution in [3.8, 4) is 0 Å². The molecule has 0 aliphatic rings. The Labute approximate surface area is 101 Å². The molecule has 0 saturated carbocycles. The fraction of sp³-hybridized carbons (Fsp3) is 0.231. The number of allylic oxidation sites excluding steroid dienone is 1. The van der Waals surface area contributed by atoms with Crippen molar-refractivity contribution in [3.05, 3.63) is 41.5 Å². The van der Waals surface area contributed by atoms with Crippen molar-refractivity contribution in [1.29, 1.82) is 0 Å². The van der Waals surface area contributed by atoms with E-state index in [1.165, 1.54) is 6.08 Å². The predicted octanol–water partition coefficient (Wildman–Crippen LogP) is 1.95. The monoisotopic (exact) mass is 232 g/mol. The van der Waals surface area contributed by atoms with Crippen LogP contribution in [0.4, 0.5) is 5.69 Å². The molecule has 2 N–H and O–H groups in total. The number of benzene rings is 1. The molecule has 0 bridgehead atoms. The molecule has 0 saturated heterocycles. The molecule has 90 valence electrons. The van der Waals surface area contributed by atoms with Gasteiger partial charge in [-0.3, -0.25) is 9.59 Å². The Morgan fingerprint density at radius 2 is 1.94 bits per heavy atom. The van der Waals surface area contributed by atoms with Crippen LogP contribution in [0.25, 0.3) is 0 Å². The Morgan fingerprint density at radius 3 is 2.53 bits per heavy atom. The maximum absolute atomic E-state index is 11.5. The molecule has 1 aromatic carbocycles. The van der Waals surface area contributed by atoms with E-state index in [-0.39, 0.29) is 11.8 Å². The molecule has 0 aliphatic heterocycles. The first-order valence-electron chi connectivity index (χ1n) is 5.31. The second kappa shape index (κ2) is 5.84. The summed E-state index contributed by atoms with van der Waals surface area (Å²) in [6.45, 7) is 3.70. The van der Waals surface area contributed by atoms with Crippen LogP contribution in [-0.4, -0.2) is 18.9 Å². The molecule has 0 aromatic heterocycles. The van der Waals surface area contributed by atoms with Gasteiger partial charge < -0.3 is 10.6 Å². The average Bonchev–Trinajstić information content (AvgIpc) is 2.27. The molecule has 4 nitrogen and oxygen atoms in total. The number of rotatable bonds is 3. The molecular formula is C13H16N2O2.